The van der Waals surface area contributed by atoms with E-state index in [-0.39, 0.29) is 24.5 Å². The van der Waals surface area contributed by atoms with Gasteiger partial charge >= 0.3 is 0 Å². The van der Waals surface area contributed by atoms with Crippen LogP contribution >= 0.6 is 23.2 Å². The first-order chi connectivity index (χ1) is 11.0. The van der Waals surface area contributed by atoms with Gasteiger partial charge in [0.15, 0.2) is 0 Å². The van der Waals surface area contributed by atoms with Gasteiger partial charge in [-0.2, -0.15) is 0 Å². The molecule has 0 saturated heterocycles. The van der Waals surface area contributed by atoms with Crippen molar-refractivity contribution in [3.63, 3.8) is 0 Å². The van der Waals surface area contributed by atoms with Crippen LogP contribution in [0.1, 0.15) is 39.9 Å². The number of hydrogen-bond acceptors (Lipinski definition) is 2. The van der Waals surface area contributed by atoms with E-state index in [4.69, 9.17) is 23.2 Å². The van der Waals surface area contributed by atoms with E-state index >= 15 is 0 Å². The summed E-state index contributed by atoms with van der Waals surface area (Å²) in [5, 5.41) is 10.5. The average molecular weight is 350 g/mol. The molecule has 0 radical (unpaired) electrons. The van der Waals surface area contributed by atoms with Crippen LogP contribution in [0.4, 0.5) is 0 Å². The first-order valence-corrected chi connectivity index (χ1v) is 8.22. The van der Waals surface area contributed by atoms with Crippen LogP contribution in [0.2, 0.25) is 10.0 Å². The highest BCUT2D eigenvalue weighted by atomic mass is 35.5. The highest BCUT2D eigenvalue weighted by molar-refractivity contribution is 6.42. The molecule has 2 unspecified atom stereocenters. The maximum absolute atomic E-state index is 12.5. The topological polar surface area (TPSA) is 40.5 Å². The number of halogens is 2. The first-order valence-electron chi connectivity index (χ1n) is 7.46. The minimum absolute atomic E-state index is 0.00796. The van der Waals surface area contributed by atoms with E-state index in [1.165, 1.54) is 0 Å². The van der Waals surface area contributed by atoms with Crippen LogP contribution in [0.3, 0.4) is 0 Å². The third kappa shape index (κ3) is 2.85. The Balaban J connectivity index is 2.08. The molecule has 2 aromatic carbocycles. The maximum atomic E-state index is 12.5. The summed E-state index contributed by atoms with van der Waals surface area (Å²) in [7, 11) is 1.80. The standard InChI is InChI=1S/C18H17Cl2NO2/c1-21-17(13-4-2-3-5-14(13)18(21)23)12(8-9-22)11-6-7-15(19)16(20)10-11/h2-7,10,12,17,22H,8-9H2,1H3. The van der Waals surface area contributed by atoms with Crippen LogP contribution in [0.15, 0.2) is 42.5 Å². The number of amides is 1. The number of nitrogens with zero attached hydrogens (tertiary/aromatic N) is 1. The summed E-state index contributed by atoms with van der Waals surface area (Å²) in [6.07, 6.45) is 0.536. The van der Waals surface area contributed by atoms with E-state index in [0.717, 1.165) is 16.7 Å². The van der Waals surface area contributed by atoms with Gasteiger partial charge < -0.3 is 10.0 Å². The summed E-state index contributed by atoms with van der Waals surface area (Å²) < 4.78 is 0. The predicted octanol–water partition coefficient (Wildman–Crippen LogP) is 4.29. The largest absolute Gasteiger partial charge is 0.396 e. The van der Waals surface area contributed by atoms with Gasteiger partial charge in [0.1, 0.15) is 0 Å². The van der Waals surface area contributed by atoms with E-state index in [1.807, 2.05) is 36.4 Å². The normalized spacial score (nSPS) is 18.2. The molecule has 1 N–H and O–H groups in total. The summed E-state index contributed by atoms with van der Waals surface area (Å²) in [5.74, 6) is -0.0408. The molecular formula is C18H17Cl2NO2. The van der Waals surface area contributed by atoms with Crippen LogP contribution in [0, 0.1) is 0 Å². The second-order valence-electron chi connectivity index (χ2n) is 5.74. The number of aliphatic hydroxyl groups is 1. The Hall–Kier alpha value is -1.55. The Labute approximate surface area is 145 Å². The van der Waals surface area contributed by atoms with Crippen molar-refractivity contribution in [2.24, 2.45) is 0 Å². The predicted molar refractivity (Wildman–Crippen MR) is 92.2 cm³/mol. The van der Waals surface area contributed by atoms with Crippen molar-refractivity contribution in [2.75, 3.05) is 13.7 Å². The number of benzene rings is 2. The molecular weight excluding hydrogens is 333 g/mol. The number of carbonyl (C=O) groups excluding carboxylic acids is 1. The van der Waals surface area contributed by atoms with Crippen molar-refractivity contribution in [2.45, 2.75) is 18.4 Å². The Bertz CT molecular complexity index is 748. The second kappa shape index (κ2) is 6.52. The molecule has 0 aromatic heterocycles. The smallest absolute Gasteiger partial charge is 0.254 e. The molecule has 5 heteroatoms. The van der Waals surface area contributed by atoms with Crippen molar-refractivity contribution in [3.05, 3.63) is 69.2 Å². The zero-order chi connectivity index (χ0) is 16.6. The van der Waals surface area contributed by atoms with Crippen molar-refractivity contribution in [3.8, 4) is 0 Å². The van der Waals surface area contributed by atoms with Gasteiger partial charge in [0.2, 0.25) is 0 Å². The zero-order valence-electron chi connectivity index (χ0n) is 12.7. The fourth-order valence-corrected chi connectivity index (χ4v) is 3.66. The van der Waals surface area contributed by atoms with Gasteiger partial charge in [-0.25, -0.2) is 0 Å². The fraction of sp³-hybridized carbons (Fsp3) is 0.278. The molecule has 0 aliphatic carbocycles. The maximum Gasteiger partial charge on any atom is 0.254 e. The number of hydrogen-bond donors (Lipinski definition) is 1. The molecule has 23 heavy (non-hydrogen) atoms. The average Bonchev–Trinajstić information content (AvgIpc) is 2.80. The molecule has 2 atom stereocenters. The molecule has 0 spiro atoms. The zero-order valence-corrected chi connectivity index (χ0v) is 14.2. The lowest BCUT2D eigenvalue weighted by atomic mass is 9.85. The lowest BCUT2D eigenvalue weighted by molar-refractivity contribution is 0.0745. The lowest BCUT2D eigenvalue weighted by Crippen LogP contribution is -2.28. The molecule has 1 heterocycles. The van der Waals surface area contributed by atoms with Crippen molar-refractivity contribution < 1.29 is 9.90 Å². The van der Waals surface area contributed by atoms with Crippen LogP contribution in [-0.2, 0) is 0 Å². The molecule has 3 nitrogen and oxygen atoms in total. The van der Waals surface area contributed by atoms with Gasteiger partial charge in [0, 0.05) is 25.1 Å². The molecule has 1 amide bonds. The number of rotatable bonds is 4. The fourth-order valence-electron chi connectivity index (χ4n) is 3.35. The molecule has 0 bridgehead atoms. The van der Waals surface area contributed by atoms with E-state index < -0.39 is 0 Å². The SMILES string of the molecule is CN1C(=O)c2ccccc2C1C(CCO)c1ccc(Cl)c(Cl)c1. The first kappa shape index (κ1) is 16.3. The summed E-state index contributed by atoms with van der Waals surface area (Å²) in [6, 6.07) is 13.0. The number of likely N-dealkylation sites (N-methyl/N-ethyl adjacent to an activating group) is 1. The number of fused-ring (bicyclic) bond motifs is 1. The van der Waals surface area contributed by atoms with Crippen molar-refractivity contribution in [1.82, 2.24) is 4.90 Å². The molecule has 1 aliphatic heterocycles. The molecule has 2 aromatic rings. The summed E-state index contributed by atoms with van der Waals surface area (Å²) in [5.41, 5.74) is 2.68. The molecule has 0 saturated carbocycles. The Morgan fingerprint density at radius 2 is 1.91 bits per heavy atom. The third-order valence-corrected chi connectivity index (χ3v) is 5.18. The number of carbonyl (C=O) groups is 1. The van der Waals surface area contributed by atoms with E-state index in [2.05, 4.69) is 0 Å². The number of aliphatic hydroxyl groups excluding tert-OH is 1. The van der Waals surface area contributed by atoms with Crippen LogP contribution in [0.5, 0.6) is 0 Å². The molecule has 0 fully saturated rings. The Morgan fingerprint density at radius 1 is 1.17 bits per heavy atom. The Morgan fingerprint density at radius 3 is 2.61 bits per heavy atom. The van der Waals surface area contributed by atoms with Gasteiger partial charge in [-0.3, -0.25) is 4.79 Å². The molecule has 120 valence electrons. The summed E-state index contributed by atoms with van der Waals surface area (Å²) in [4.78, 5) is 14.2. The minimum Gasteiger partial charge on any atom is -0.396 e. The van der Waals surface area contributed by atoms with Crippen LogP contribution in [-0.4, -0.2) is 29.6 Å². The van der Waals surface area contributed by atoms with Crippen molar-refractivity contribution in [1.29, 1.82) is 0 Å². The Kier molecular flexibility index (Phi) is 4.62. The summed E-state index contributed by atoms with van der Waals surface area (Å²) >= 11 is 12.2. The quantitative estimate of drug-likeness (QED) is 0.894. The van der Waals surface area contributed by atoms with Gasteiger partial charge in [0.25, 0.3) is 5.91 Å². The highest BCUT2D eigenvalue weighted by Gasteiger charge is 2.39. The lowest BCUT2D eigenvalue weighted by Gasteiger charge is -2.30. The van der Waals surface area contributed by atoms with Gasteiger partial charge in [-0.15, -0.1) is 0 Å². The van der Waals surface area contributed by atoms with Crippen LogP contribution in [0.25, 0.3) is 0 Å². The molecule has 1 aliphatic rings. The van der Waals surface area contributed by atoms with Gasteiger partial charge in [-0.1, -0.05) is 47.5 Å². The minimum atomic E-state index is -0.122. The third-order valence-electron chi connectivity index (χ3n) is 4.44. The van der Waals surface area contributed by atoms with E-state index in [1.54, 1.807) is 18.0 Å². The van der Waals surface area contributed by atoms with E-state index in [9.17, 15) is 9.90 Å². The van der Waals surface area contributed by atoms with Crippen LogP contribution < -0.4 is 0 Å². The van der Waals surface area contributed by atoms with E-state index in [0.29, 0.717) is 16.5 Å². The second-order valence-corrected chi connectivity index (χ2v) is 6.55. The monoisotopic (exact) mass is 349 g/mol. The van der Waals surface area contributed by atoms with Gasteiger partial charge in [0.05, 0.1) is 16.1 Å². The van der Waals surface area contributed by atoms with Crippen molar-refractivity contribution >= 4 is 29.1 Å². The highest BCUT2D eigenvalue weighted by Crippen LogP contribution is 2.44. The van der Waals surface area contributed by atoms with Gasteiger partial charge in [-0.05, 0) is 35.7 Å². The molecule has 3 rings (SSSR count). The summed E-state index contributed by atoms with van der Waals surface area (Å²) in [6.45, 7) is 0.0333.